The number of rotatable bonds is 61. The number of aliphatic hydroxyl groups is 1. The number of nitrogens with one attached hydrogen (secondary N) is 1. The van der Waals surface area contributed by atoms with Gasteiger partial charge in [-0.15, -0.1) is 0 Å². The number of likely N-dealkylation sites (N-methyl/N-ethyl adjacent to an activating group) is 1. The molecular formula is C70H129N2O6P. The van der Waals surface area contributed by atoms with Crippen molar-refractivity contribution in [3.05, 3.63) is 85.1 Å². The Hall–Kier alpha value is -2.32. The molecule has 2 N–H and O–H groups in total. The number of quaternary nitrogens is 1. The molecule has 3 unspecified atom stereocenters. The topological polar surface area (TPSA) is 108 Å². The van der Waals surface area contributed by atoms with Gasteiger partial charge in [0.2, 0.25) is 5.91 Å². The van der Waals surface area contributed by atoms with E-state index in [-0.39, 0.29) is 19.1 Å². The molecule has 3 atom stereocenters. The average molecular weight is 1130 g/mol. The first-order valence-electron chi connectivity index (χ1n) is 33.4. The molecule has 0 saturated carbocycles. The quantitative estimate of drug-likeness (QED) is 0.0272. The zero-order chi connectivity index (χ0) is 57.7. The van der Waals surface area contributed by atoms with Crippen LogP contribution < -0.4 is 10.2 Å². The summed E-state index contributed by atoms with van der Waals surface area (Å²) < 4.78 is 23.4. The molecule has 0 aliphatic heterocycles. The highest BCUT2D eigenvalue weighted by atomic mass is 31.2. The lowest BCUT2D eigenvalue weighted by Gasteiger charge is -2.29. The van der Waals surface area contributed by atoms with Gasteiger partial charge in [0.05, 0.1) is 39.9 Å². The number of carbonyl (C=O) groups excluding carboxylic acids is 1. The number of unbranched alkanes of at least 4 members (excludes halogenated alkanes) is 36. The van der Waals surface area contributed by atoms with Gasteiger partial charge in [-0.3, -0.25) is 9.36 Å². The number of hydrogen-bond donors (Lipinski definition) is 2. The van der Waals surface area contributed by atoms with E-state index in [1.165, 1.54) is 205 Å². The molecule has 0 fully saturated rings. The van der Waals surface area contributed by atoms with Crippen LogP contribution in [0.5, 0.6) is 0 Å². The summed E-state index contributed by atoms with van der Waals surface area (Å²) in [6, 6.07) is -0.892. The molecular weight excluding hydrogens is 996 g/mol. The van der Waals surface area contributed by atoms with Crippen LogP contribution in [0.25, 0.3) is 0 Å². The van der Waals surface area contributed by atoms with Crippen molar-refractivity contribution in [3.63, 3.8) is 0 Å². The summed E-state index contributed by atoms with van der Waals surface area (Å²) in [4.78, 5) is 25.6. The van der Waals surface area contributed by atoms with Gasteiger partial charge in [0.1, 0.15) is 13.2 Å². The molecule has 79 heavy (non-hydrogen) atoms. The number of nitrogens with zero attached hydrogens (tertiary/aromatic N) is 1. The number of hydrogen-bond acceptors (Lipinski definition) is 6. The first-order valence-corrected chi connectivity index (χ1v) is 34.9. The highest BCUT2D eigenvalue weighted by Gasteiger charge is 2.23. The number of aliphatic hydroxyl groups excluding tert-OH is 1. The molecule has 0 aromatic carbocycles. The van der Waals surface area contributed by atoms with Gasteiger partial charge >= 0.3 is 0 Å². The van der Waals surface area contributed by atoms with Gasteiger partial charge in [-0.1, -0.05) is 311 Å². The minimum Gasteiger partial charge on any atom is -0.756 e. The molecule has 0 saturated heterocycles. The van der Waals surface area contributed by atoms with Gasteiger partial charge in [0.15, 0.2) is 0 Å². The van der Waals surface area contributed by atoms with Crippen molar-refractivity contribution in [1.82, 2.24) is 5.32 Å². The molecule has 0 aromatic heterocycles. The fourth-order valence-electron chi connectivity index (χ4n) is 9.69. The maximum atomic E-state index is 13.0. The van der Waals surface area contributed by atoms with E-state index >= 15 is 0 Å². The van der Waals surface area contributed by atoms with E-state index in [1.54, 1.807) is 6.08 Å². The van der Waals surface area contributed by atoms with E-state index in [2.05, 4.69) is 92.1 Å². The largest absolute Gasteiger partial charge is 0.756 e. The second-order valence-electron chi connectivity index (χ2n) is 23.8. The zero-order valence-corrected chi connectivity index (χ0v) is 53.5. The maximum absolute atomic E-state index is 13.0. The molecule has 0 aromatic rings. The molecule has 0 spiro atoms. The van der Waals surface area contributed by atoms with E-state index in [4.69, 9.17) is 9.05 Å². The highest BCUT2D eigenvalue weighted by molar-refractivity contribution is 7.45. The van der Waals surface area contributed by atoms with Crippen LogP contribution in [0, 0.1) is 0 Å². The smallest absolute Gasteiger partial charge is 0.268 e. The molecule has 460 valence electrons. The van der Waals surface area contributed by atoms with Crippen molar-refractivity contribution in [2.75, 3.05) is 40.9 Å². The van der Waals surface area contributed by atoms with E-state index < -0.39 is 20.0 Å². The first-order chi connectivity index (χ1) is 38.5. The van der Waals surface area contributed by atoms with Crippen LogP contribution in [0.1, 0.15) is 303 Å². The third kappa shape index (κ3) is 63.1. The number of allylic oxidation sites excluding steroid dienone is 13. The fraction of sp³-hybridized carbons (Fsp3) is 0.786. The third-order valence-electron chi connectivity index (χ3n) is 14.9. The summed E-state index contributed by atoms with van der Waals surface area (Å²) in [6.45, 7) is 4.57. The lowest BCUT2D eigenvalue weighted by atomic mass is 10.0. The SMILES string of the molecule is CC/C=C\C/C=C\C/C=C\C/C=C\C/C=C\C/C=C\CCCCCCCCCCCCCCCCC(=O)NC(COP(=O)([O-])OCC[N+](C)(C)C)C(O)/C=C/CCCCCCCCCCCCCCCCCCCCCCCC. The van der Waals surface area contributed by atoms with E-state index in [9.17, 15) is 19.4 Å². The van der Waals surface area contributed by atoms with Gasteiger partial charge in [0.25, 0.3) is 7.82 Å². The third-order valence-corrected chi connectivity index (χ3v) is 15.8. The van der Waals surface area contributed by atoms with Crippen LogP contribution in [0.4, 0.5) is 0 Å². The van der Waals surface area contributed by atoms with Gasteiger partial charge in [-0.05, 0) is 70.6 Å². The Morgan fingerprint density at radius 1 is 0.456 bits per heavy atom. The Bertz CT molecular complexity index is 1560. The van der Waals surface area contributed by atoms with Crippen molar-refractivity contribution >= 4 is 13.7 Å². The van der Waals surface area contributed by atoms with Gasteiger partial charge in [-0.2, -0.15) is 0 Å². The van der Waals surface area contributed by atoms with Crippen molar-refractivity contribution < 1.29 is 32.9 Å². The minimum absolute atomic E-state index is 0.00294. The van der Waals surface area contributed by atoms with Crippen LogP contribution in [0.2, 0.25) is 0 Å². The second-order valence-corrected chi connectivity index (χ2v) is 25.2. The first kappa shape index (κ1) is 76.7. The molecule has 0 radical (unpaired) electrons. The zero-order valence-electron chi connectivity index (χ0n) is 52.6. The van der Waals surface area contributed by atoms with Crippen LogP contribution in [-0.4, -0.2) is 68.5 Å². The Morgan fingerprint density at radius 2 is 0.772 bits per heavy atom. The van der Waals surface area contributed by atoms with Crippen LogP contribution in [0.3, 0.4) is 0 Å². The Balaban J connectivity index is 4.11. The predicted molar refractivity (Wildman–Crippen MR) is 343 cm³/mol. The van der Waals surface area contributed by atoms with Crippen LogP contribution in [0.15, 0.2) is 85.1 Å². The maximum Gasteiger partial charge on any atom is 0.268 e. The summed E-state index contributed by atoms with van der Waals surface area (Å²) in [5.41, 5.74) is 0. The van der Waals surface area contributed by atoms with E-state index in [0.717, 1.165) is 77.0 Å². The summed E-state index contributed by atoms with van der Waals surface area (Å²) in [5.74, 6) is -0.197. The van der Waals surface area contributed by atoms with Crippen LogP contribution in [-0.2, 0) is 18.4 Å². The van der Waals surface area contributed by atoms with Crippen molar-refractivity contribution in [3.8, 4) is 0 Å². The van der Waals surface area contributed by atoms with Crippen molar-refractivity contribution in [2.24, 2.45) is 0 Å². The molecule has 1 amide bonds. The summed E-state index contributed by atoms with van der Waals surface area (Å²) in [5, 5.41) is 14.0. The van der Waals surface area contributed by atoms with E-state index in [1.807, 2.05) is 27.2 Å². The Kier molecular flexibility index (Phi) is 58.5. The number of amides is 1. The predicted octanol–water partition coefficient (Wildman–Crippen LogP) is 20.5. The Morgan fingerprint density at radius 3 is 1.13 bits per heavy atom. The lowest BCUT2D eigenvalue weighted by Crippen LogP contribution is -2.45. The monoisotopic (exact) mass is 1120 g/mol. The van der Waals surface area contributed by atoms with Gasteiger partial charge < -0.3 is 28.8 Å². The summed E-state index contributed by atoms with van der Waals surface area (Å²) in [7, 11) is 1.26. The number of carbonyl (C=O) groups is 1. The second kappa shape index (κ2) is 60.3. The minimum atomic E-state index is -4.61. The number of phosphoric ester groups is 1. The molecule has 0 bridgehead atoms. The Labute approximate surface area is 490 Å². The average Bonchev–Trinajstić information content (AvgIpc) is 3.42. The van der Waals surface area contributed by atoms with Crippen molar-refractivity contribution in [1.29, 1.82) is 0 Å². The van der Waals surface area contributed by atoms with Crippen LogP contribution >= 0.6 is 7.82 Å². The fourth-order valence-corrected chi connectivity index (χ4v) is 10.4. The standard InChI is InChI=1S/C70H129N2O6P/c1-6-8-10-12-14-16-18-20-22-24-26-28-30-32-33-34-35-36-37-38-39-40-42-44-46-48-50-52-54-56-58-60-62-64-70(74)71-68(67-78-79(75,76)77-66-65-72(3,4)5)69(73)63-61-59-57-55-53-51-49-47-45-43-41-31-29-27-25-23-21-19-17-15-13-11-9-7-2/h8,10,14,16,20,22,26,28,32-33,35-36,61,63,68-69,73H,6-7,9,11-13,15,17-19,21,23-25,27,29-31,34,37-60,62,64-67H2,1-5H3,(H-,71,74,75,76)/b10-8-,16-14-,22-20-,28-26-,33-32-,36-35-,63-61+. The molecule has 8 nitrogen and oxygen atoms in total. The molecule has 0 rings (SSSR count). The molecule has 9 heteroatoms. The normalized spacial score (nSPS) is 14.3. The van der Waals surface area contributed by atoms with E-state index in [0.29, 0.717) is 17.4 Å². The number of phosphoric acid groups is 1. The van der Waals surface area contributed by atoms with Gasteiger partial charge in [0, 0.05) is 6.42 Å². The molecule has 0 aliphatic carbocycles. The summed E-state index contributed by atoms with van der Waals surface area (Å²) in [6.07, 6.45) is 85.4. The summed E-state index contributed by atoms with van der Waals surface area (Å²) >= 11 is 0. The lowest BCUT2D eigenvalue weighted by molar-refractivity contribution is -0.870. The molecule has 0 heterocycles. The highest BCUT2D eigenvalue weighted by Crippen LogP contribution is 2.38. The van der Waals surface area contributed by atoms with Crippen molar-refractivity contribution in [2.45, 2.75) is 315 Å². The molecule has 0 aliphatic rings. The van der Waals surface area contributed by atoms with Gasteiger partial charge in [-0.25, -0.2) is 0 Å².